The van der Waals surface area contributed by atoms with E-state index >= 15 is 0 Å². The number of hydrogen-bond acceptors (Lipinski definition) is 4. The fourth-order valence-corrected chi connectivity index (χ4v) is 2.14. The molecule has 0 aliphatic rings. The van der Waals surface area contributed by atoms with Crippen molar-refractivity contribution in [3.05, 3.63) is 10.0 Å². The zero-order valence-corrected chi connectivity index (χ0v) is 9.65. The molecule has 0 aromatic carbocycles. The van der Waals surface area contributed by atoms with E-state index in [4.69, 9.17) is 5.73 Å². The van der Waals surface area contributed by atoms with Crippen LogP contribution in [0.2, 0.25) is 0 Å². The van der Waals surface area contributed by atoms with Crippen molar-refractivity contribution in [3.63, 3.8) is 0 Å². The van der Waals surface area contributed by atoms with Gasteiger partial charge < -0.3 is 5.73 Å². The Morgan fingerprint density at radius 3 is 2.43 bits per heavy atom. The van der Waals surface area contributed by atoms with Crippen LogP contribution in [0.3, 0.4) is 0 Å². The SMILES string of the molecule is Cc1nnc(CCCCCCCN)s1. The number of rotatable bonds is 7. The molecule has 0 bridgehead atoms. The van der Waals surface area contributed by atoms with Crippen LogP contribution in [0.15, 0.2) is 0 Å². The van der Waals surface area contributed by atoms with Gasteiger partial charge in [-0.2, -0.15) is 0 Å². The molecule has 80 valence electrons. The summed E-state index contributed by atoms with van der Waals surface area (Å²) in [5, 5.41) is 10.3. The third-order valence-electron chi connectivity index (χ3n) is 2.16. The summed E-state index contributed by atoms with van der Waals surface area (Å²) in [6.07, 6.45) is 7.35. The summed E-state index contributed by atoms with van der Waals surface area (Å²) in [6.45, 7) is 2.83. The summed E-state index contributed by atoms with van der Waals surface area (Å²) in [4.78, 5) is 0. The van der Waals surface area contributed by atoms with Crippen LogP contribution in [0.5, 0.6) is 0 Å². The minimum atomic E-state index is 0.829. The summed E-state index contributed by atoms with van der Waals surface area (Å²) < 4.78 is 0. The number of aryl methyl sites for hydroxylation is 2. The van der Waals surface area contributed by atoms with E-state index in [1.807, 2.05) is 6.92 Å². The Balaban J connectivity index is 1.99. The van der Waals surface area contributed by atoms with E-state index < -0.39 is 0 Å². The molecule has 0 spiro atoms. The Morgan fingerprint density at radius 1 is 1.07 bits per heavy atom. The number of hydrogen-bond donors (Lipinski definition) is 1. The number of unbranched alkanes of at least 4 members (excludes halogenated alkanes) is 4. The van der Waals surface area contributed by atoms with Crippen LogP contribution in [-0.2, 0) is 6.42 Å². The third-order valence-corrected chi connectivity index (χ3v) is 3.06. The van der Waals surface area contributed by atoms with Gasteiger partial charge in [-0.15, -0.1) is 21.5 Å². The number of aromatic nitrogens is 2. The van der Waals surface area contributed by atoms with E-state index in [9.17, 15) is 0 Å². The van der Waals surface area contributed by atoms with Crippen molar-refractivity contribution in [3.8, 4) is 0 Å². The molecule has 0 aliphatic heterocycles. The van der Waals surface area contributed by atoms with Gasteiger partial charge >= 0.3 is 0 Å². The van der Waals surface area contributed by atoms with Gasteiger partial charge in [-0.3, -0.25) is 0 Å². The lowest BCUT2D eigenvalue weighted by Gasteiger charge is -1.97. The predicted octanol–water partition coefficient (Wildman–Crippen LogP) is 2.30. The normalized spacial score (nSPS) is 10.7. The molecule has 2 N–H and O–H groups in total. The van der Waals surface area contributed by atoms with Crippen LogP contribution < -0.4 is 5.73 Å². The first-order valence-electron chi connectivity index (χ1n) is 5.32. The zero-order chi connectivity index (χ0) is 10.2. The van der Waals surface area contributed by atoms with Crippen LogP contribution in [0, 0.1) is 6.92 Å². The van der Waals surface area contributed by atoms with Gasteiger partial charge in [0.25, 0.3) is 0 Å². The molecule has 1 rings (SSSR count). The molecule has 0 radical (unpaired) electrons. The highest BCUT2D eigenvalue weighted by atomic mass is 32.1. The molecule has 0 fully saturated rings. The largest absolute Gasteiger partial charge is 0.330 e. The highest BCUT2D eigenvalue weighted by Crippen LogP contribution is 2.12. The highest BCUT2D eigenvalue weighted by molar-refractivity contribution is 7.11. The van der Waals surface area contributed by atoms with Crippen molar-refractivity contribution in [2.45, 2.75) is 45.4 Å². The van der Waals surface area contributed by atoms with E-state index in [0.717, 1.165) is 24.4 Å². The zero-order valence-electron chi connectivity index (χ0n) is 8.83. The van der Waals surface area contributed by atoms with Gasteiger partial charge in [-0.1, -0.05) is 19.3 Å². The number of nitrogens with zero attached hydrogens (tertiary/aromatic N) is 2. The first-order chi connectivity index (χ1) is 6.83. The second-order valence-corrected chi connectivity index (χ2v) is 4.79. The molecule has 0 atom stereocenters. The molecule has 0 aliphatic carbocycles. The van der Waals surface area contributed by atoms with Gasteiger partial charge in [-0.25, -0.2) is 0 Å². The van der Waals surface area contributed by atoms with Crippen molar-refractivity contribution in [2.75, 3.05) is 6.54 Å². The fraction of sp³-hybridized carbons (Fsp3) is 0.800. The monoisotopic (exact) mass is 213 g/mol. The van der Waals surface area contributed by atoms with Gasteiger partial charge in [0.2, 0.25) is 0 Å². The maximum atomic E-state index is 5.42. The quantitative estimate of drug-likeness (QED) is 0.707. The molecule has 1 heterocycles. The predicted molar refractivity (Wildman–Crippen MR) is 60.5 cm³/mol. The average molecular weight is 213 g/mol. The van der Waals surface area contributed by atoms with Crippen molar-refractivity contribution < 1.29 is 0 Å². The maximum absolute atomic E-state index is 5.42. The molecule has 4 heteroatoms. The average Bonchev–Trinajstić information content (AvgIpc) is 2.58. The highest BCUT2D eigenvalue weighted by Gasteiger charge is 1.99. The second kappa shape index (κ2) is 6.90. The van der Waals surface area contributed by atoms with Gasteiger partial charge in [-0.05, 0) is 26.3 Å². The molecule has 0 amide bonds. The van der Waals surface area contributed by atoms with Gasteiger partial charge in [0, 0.05) is 6.42 Å². The van der Waals surface area contributed by atoms with Crippen LogP contribution in [-0.4, -0.2) is 16.7 Å². The van der Waals surface area contributed by atoms with E-state index in [2.05, 4.69) is 10.2 Å². The molecular weight excluding hydrogens is 194 g/mol. The van der Waals surface area contributed by atoms with Crippen LogP contribution in [0.4, 0.5) is 0 Å². The molecule has 3 nitrogen and oxygen atoms in total. The molecule has 0 unspecified atom stereocenters. The van der Waals surface area contributed by atoms with E-state index in [1.165, 1.54) is 30.7 Å². The lowest BCUT2D eigenvalue weighted by Crippen LogP contribution is -1.97. The molecule has 1 aromatic heterocycles. The number of nitrogens with two attached hydrogens (primary N) is 1. The summed E-state index contributed by atoms with van der Waals surface area (Å²) in [5.74, 6) is 0. The fourth-order valence-electron chi connectivity index (χ4n) is 1.39. The Labute approximate surface area is 89.7 Å². The molecule has 14 heavy (non-hydrogen) atoms. The summed E-state index contributed by atoms with van der Waals surface area (Å²) >= 11 is 1.71. The first-order valence-corrected chi connectivity index (χ1v) is 6.13. The lowest BCUT2D eigenvalue weighted by molar-refractivity contribution is 0.616. The minimum Gasteiger partial charge on any atom is -0.330 e. The first kappa shape index (κ1) is 11.6. The Hall–Kier alpha value is -0.480. The Kier molecular flexibility index (Phi) is 5.71. The van der Waals surface area contributed by atoms with E-state index in [1.54, 1.807) is 11.3 Å². The van der Waals surface area contributed by atoms with Crippen molar-refractivity contribution in [1.82, 2.24) is 10.2 Å². The van der Waals surface area contributed by atoms with Crippen molar-refractivity contribution >= 4 is 11.3 Å². The minimum absolute atomic E-state index is 0.829. The molecular formula is C10H19N3S. The van der Waals surface area contributed by atoms with Gasteiger partial charge in [0.15, 0.2) is 0 Å². The summed E-state index contributed by atoms with van der Waals surface area (Å²) in [7, 11) is 0. The maximum Gasteiger partial charge on any atom is 0.117 e. The summed E-state index contributed by atoms with van der Waals surface area (Å²) in [5.41, 5.74) is 5.42. The van der Waals surface area contributed by atoms with Crippen molar-refractivity contribution in [1.29, 1.82) is 0 Å². The van der Waals surface area contributed by atoms with Gasteiger partial charge in [0.1, 0.15) is 10.0 Å². The summed E-state index contributed by atoms with van der Waals surface area (Å²) in [6, 6.07) is 0. The Bertz CT molecular complexity index is 247. The molecule has 0 saturated carbocycles. The second-order valence-electron chi connectivity index (χ2n) is 3.52. The van der Waals surface area contributed by atoms with E-state index in [0.29, 0.717) is 0 Å². The standard InChI is InChI=1S/C10H19N3S/c1-9-12-13-10(14-9)7-5-3-2-4-6-8-11/h2-8,11H2,1H3. The van der Waals surface area contributed by atoms with Crippen LogP contribution in [0.1, 0.15) is 42.1 Å². The molecule has 0 saturated heterocycles. The molecule has 1 aromatic rings. The van der Waals surface area contributed by atoms with Gasteiger partial charge in [0.05, 0.1) is 0 Å². The topological polar surface area (TPSA) is 51.8 Å². The van der Waals surface area contributed by atoms with Crippen LogP contribution in [0.25, 0.3) is 0 Å². The third kappa shape index (κ3) is 4.67. The smallest absolute Gasteiger partial charge is 0.117 e. The van der Waals surface area contributed by atoms with Crippen LogP contribution >= 0.6 is 11.3 Å². The van der Waals surface area contributed by atoms with Crippen molar-refractivity contribution in [2.24, 2.45) is 5.73 Å². The Morgan fingerprint density at radius 2 is 1.79 bits per heavy atom. The van der Waals surface area contributed by atoms with E-state index in [-0.39, 0.29) is 0 Å². The lowest BCUT2D eigenvalue weighted by atomic mass is 10.1.